The van der Waals surface area contributed by atoms with Crippen LogP contribution < -0.4 is 4.74 Å². The highest BCUT2D eigenvalue weighted by Crippen LogP contribution is 2.38. The lowest BCUT2D eigenvalue weighted by Crippen LogP contribution is -2.45. The van der Waals surface area contributed by atoms with Gasteiger partial charge < -0.3 is 19.1 Å². The highest BCUT2D eigenvalue weighted by molar-refractivity contribution is 5.79. The minimum absolute atomic E-state index is 0.0500. The molecule has 5 heteroatoms. The summed E-state index contributed by atoms with van der Waals surface area (Å²) in [6.07, 6.45) is 3.08. The van der Waals surface area contributed by atoms with Crippen LogP contribution in [-0.2, 0) is 27.1 Å². The van der Waals surface area contributed by atoms with Crippen LogP contribution in [0.3, 0.4) is 0 Å². The summed E-state index contributed by atoms with van der Waals surface area (Å²) in [6, 6.07) is 2.16. The van der Waals surface area contributed by atoms with Crippen LogP contribution >= 0.6 is 0 Å². The lowest BCUT2D eigenvalue weighted by atomic mass is 9.74. The van der Waals surface area contributed by atoms with Gasteiger partial charge in [-0.05, 0) is 67.3 Å². The van der Waals surface area contributed by atoms with Gasteiger partial charge in [0.1, 0.15) is 12.4 Å². The van der Waals surface area contributed by atoms with E-state index in [1.807, 2.05) is 4.90 Å². The zero-order valence-corrected chi connectivity index (χ0v) is 17.2. The Balaban J connectivity index is 1.74. The summed E-state index contributed by atoms with van der Waals surface area (Å²) >= 11 is 0. The molecule has 1 fully saturated rings. The van der Waals surface area contributed by atoms with Gasteiger partial charge in [-0.15, -0.1) is 0 Å². The number of carbonyl (C=O) groups is 1. The maximum Gasteiger partial charge on any atom is 0.225 e. The average molecular weight is 376 g/mol. The highest BCUT2D eigenvalue weighted by Gasteiger charge is 2.32. The van der Waals surface area contributed by atoms with Gasteiger partial charge in [-0.2, -0.15) is 0 Å². The molecule has 27 heavy (non-hydrogen) atoms. The lowest BCUT2D eigenvalue weighted by molar-refractivity contribution is -0.141. The summed E-state index contributed by atoms with van der Waals surface area (Å²) in [5, 5.41) is 0. The van der Waals surface area contributed by atoms with Gasteiger partial charge in [0.05, 0.1) is 19.8 Å². The van der Waals surface area contributed by atoms with Crippen molar-refractivity contribution in [3.05, 3.63) is 28.3 Å². The fraction of sp³-hybridized carbons (Fsp3) is 0.682. The molecule has 1 aliphatic carbocycles. The molecule has 0 spiro atoms. The van der Waals surface area contributed by atoms with Crippen molar-refractivity contribution in [1.82, 2.24) is 4.90 Å². The number of morpholine rings is 1. The number of hydrogen-bond donors (Lipinski definition) is 0. The normalized spacial score (nSPS) is 20.9. The Morgan fingerprint density at radius 3 is 2.70 bits per heavy atom. The van der Waals surface area contributed by atoms with Crippen molar-refractivity contribution < 1.29 is 19.0 Å². The van der Waals surface area contributed by atoms with Crippen LogP contribution in [0.5, 0.6) is 5.75 Å². The van der Waals surface area contributed by atoms with E-state index in [0.29, 0.717) is 32.3 Å². The predicted molar refractivity (Wildman–Crippen MR) is 105 cm³/mol. The van der Waals surface area contributed by atoms with Gasteiger partial charge in [-0.3, -0.25) is 4.79 Å². The Hall–Kier alpha value is -1.59. The van der Waals surface area contributed by atoms with E-state index < -0.39 is 0 Å². The van der Waals surface area contributed by atoms with Crippen LogP contribution in [0.4, 0.5) is 0 Å². The summed E-state index contributed by atoms with van der Waals surface area (Å²) in [5.41, 5.74) is 5.37. The summed E-state index contributed by atoms with van der Waals surface area (Å²) < 4.78 is 16.4. The molecule has 1 amide bonds. The molecule has 3 rings (SSSR count). The van der Waals surface area contributed by atoms with Crippen LogP contribution in [0.25, 0.3) is 0 Å². The number of hydrogen-bond acceptors (Lipinski definition) is 4. The second kappa shape index (κ2) is 9.07. The van der Waals surface area contributed by atoms with Gasteiger partial charge in [0.2, 0.25) is 5.91 Å². The Labute approximate surface area is 163 Å². The van der Waals surface area contributed by atoms with Gasteiger partial charge in [0.15, 0.2) is 0 Å². The van der Waals surface area contributed by atoms with Crippen LogP contribution in [0.15, 0.2) is 6.07 Å². The maximum absolute atomic E-state index is 12.9. The third kappa shape index (κ3) is 4.46. The molecule has 2 aliphatic rings. The van der Waals surface area contributed by atoms with Crippen LogP contribution in [0, 0.1) is 25.7 Å². The monoisotopic (exact) mass is 375 g/mol. The third-order valence-electron chi connectivity index (χ3n) is 6.21. The molecular formula is C22H33NO4. The SMILES string of the molecule is COCCOc1cc(C)c2c(c1C)C[C@H]([C@H](C)C(=O)N1CCOCC1)CC2. The molecule has 1 aromatic rings. The maximum atomic E-state index is 12.9. The van der Waals surface area contributed by atoms with E-state index in [4.69, 9.17) is 14.2 Å². The smallest absolute Gasteiger partial charge is 0.225 e. The predicted octanol–water partition coefficient (Wildman–Crippen LogP) is 2.93. The molecule has 1 saturated heterocycles. The number of carbonyl (C=O) groups excluding carboxylic acids is 1. The standard InChI is InChI=1S/C22H33NO4/c1-15-13-21(27-12-11-25-4)17(3)20-14-18(5-6-19(15)20)16(2)22(24)23-7-9-26-10-8-23/h13,16,18H,5-12,14H2,1-4H3/t16-,18+/m0/s1. The topological polar surface area (TPSA) is 48.0 Å². The number of nitrogens with zero attached hydrogens (tertiary/aromatic N) is 1. The number of benzene rings is 1. The molecule has 0 saturated carbocycles. The summed E-state index contributed by atoms with van der Waals surface area (Å²) in [4.78, 5) is 14.9. The fourth-order valence-electron chi connectivity index (χ4n) is 4.41. The minimum Gasteiger partial charge on any atom is -0.491 e. The molecule has 0 bridgehead atoms. The first kappa shape index (κ1) is 20.2. The molecule has 1 aliphatic heterocycles. The van der Waals surface area contributed by atoms with E-state index in [0.717, 1.165) is 38.1 Å². The van der Waals surface area contributed by atoms with Gasteiger partial charge in [-0.1, -0.05) is 6.92 Å². The first-order valence-corrected chi connectivity index (χ1v) is 10.1. The minimum atomic E-state index is 0.0500. The first-order valence-electron chi connectivity index (χ1n) is 10.1. The number of fused-ring (bicyclic) bond motifs is 1. The largest absolute Gasteiger partial charge is 0.491 e. The van der Waals surface area contributed by atoms with Crippen molar-refractivity contribution in [2.75, 3.05) is 46.6 Å². The van der Waals surface area contributed by atoms with E-state index in [1.54, 1.807) is 7.11 Å². The Kier molecular flexibility index (Phi) is 6.77. The number of amides is 1. The number of methoxy groups -OCH3 is 1. The molecule has 0 N–H and O–H groups in total. The zero-order valence-electron chi connectivity index (χ0n) is 17.2. The van der Waals surface area contributed by atoms with E-state index in [1.165, 1.54) is 22.3 Å². The van der Waals surface area contributed by atoms with Crippen LogP contribution in [0.2, 0.25) is 0 Å². The molecule has 5 nitrogen and oxygen atoms in total. The van der Waals surface area contributed by atoms with Gasteiger partial charge in [0, 0.05) is 26.1 Å². The van der Waals surface area contributed by atoms with Crippen LogP contribution in [0.1, 0.15) is 35.6 Å². The van der Waals surface area contributed by atoms with Gasteiger partial charge in [-0.25, -0.2) is 0 Å². The second-order valence-electron chi connectivity index (χ2n) is 7.84. The zero-order chi connectivity index (χ0) is 19.4. The summed E-state index contributed by atoms with van der Waals surface area (Å²) in [5.74, 6) is 1.68. The van der Waals surface area contributed by atoms with Crippen molar-refractivity contribution in [3.8, 4) is 5.75 Å². The van der Waals surface area contributed by atoms with Crippen molar-refractivity contribution in [2.24, 2.45) is 11.8 Å². The van der Waals surface area contributed by atoms with Gasteiger partial charge in [0.25, 0.3) is 0 Å². The van der Waals surface area contributed by atoms with E-state index >= 15 is 0 Å². The van der Waals surface area contributed by atoms with Crippen molar-refractivity contribution in [2.45, 2.75) is 40.0 Å². The van der Waals surface area contributed by atoms with E-state index in [2.05, 4.69) is 26.8 Å². The Morgan fingerprint density at radius 1 is 1.26 bits per heavy atom. The molecule has 0 radical (unpaired) electrons. The molecule has 2 atom stereocenters. The number of rotatable bonds is 6. The summed E-state index contributed by atoms with van der Waals surface area (Å²) in [7, 11) is 1.69. The average Bonchev–Trinajstić information content (AvgIpc) is 2.71. The number of ether oxygens (including phenoxy) is 3. The Bertz CT molecular complexity index is 667. The Morgan fingerprint density at radius 2 is 2.00 bits per heavy atom. The van der Waals surface area contributed by atoms with Crippen molar-refractivity contribution in [3.63, 3.8) is 0 Å². The highest BCUT2D eigenvalue weighted by atomic mass is 16.5. The molecule has 0 unspecified atom stereocenters. The first-order chi connectivity index (χ1) is 13.0. The summed E-state index contributed by atoms with van der Waals surface area (Å²) in [6.45, 7) is 10.3. The molecular weight excluding hydrogens is 342 g/mol. The molecule has 150 valence electrons. The van der Waals surface area contributed by atoms with E-state index in [9.17, 15) is 4.79 Å². The quantitative estimate of drug-likeness (QED) is 0.718. The third-order valence-corrected chi connectivity index (χ3v) is 6.21. The fourth-order valence-corrected chi connectivity index (χ4v) is 4.41. The lowest BCUT2D eigenvalue weighted by Gasteiger charge is -2.35. The van der Waals surface area contributed by atoms with Crippen molar-refractivity contribution >= 4 is 5.91 Å². The van der Waals surface area contributed by atoms with Crippen LogP contribution in [-0.4, -0.2) is 57.4 Å². The van der Waals surface area contributed by atoms with Gasteiger partial charge >= 0.3 is 0 Å². The van der Waals surface area contributed by atoms with E-state index in [-0.39, 0.29) is 11.8 Å². The van der Waals surface area contributed by atoms with Crippen molar-refractivity contribution in [1.29, 1.82) is 0 Å². The molecule has 0 aromatic heterocycles. The molecule has 1 heterocycles. The number of aryl methyl sites for hydroxylation is 1. The second-order valence-corrected chi connectivity index (χ2v) is 7.84. The molecule has 1 aromatic carbocycles.